The number of hydrogen-bond donors (Lipinski definition) is 1. The van der Waals surface area contributed by atoms with Gasteiger partial charge in [-0.15, -0.1) is 0 Å². The standard InChI is InChI=1S/C14H17NO2/c1-3-17-14-10-5-4-8-13(14)9-6-7-11-15-12(2)16/h4-5,8,10H,3,7,11H2,1-2H3,(H,15,16). The van der Waals surface area contributed by atoms with Gasteiger partial charge in [-0.3, -0.25) is 4.79 Å². The quantitative estimate of drug-likeness (QED) is 0.635. The van der Waals surface area contributed by atoms with E-state index in [1.165, 1.54) is 6.92 Å². The van der Waals surface area contributed by atoms with Gasteiger partial charge >= 0.3 is 0 Å². The predicted octanol–water partition coefficient (Wildman–Crippen LogP) is 1.96. The Labute approximate surface area is 102 Å². The topological polar surface area (TPSA) is 38.3 Å². The van der Waals surface area contributed by atoms with Crippen molar-refractivity contribution >= 4 is 5.91 Å². The lowest BCUT2D eigenvalue weighted by Gasteiger charge is -2.04. The molecule has 90 valence electrons. The van der Waals surface area contributed by atoms with E-state index in [1.54, 1.807) is 0 Å². The molecule has 1 aromatic rings. The van der Waals surface area contributed by atoms with Crippen LogP contribution < -0.4 is 10.1 Å². The Kier molecular flexibility index (Phi) is 5.67. The Bertz CT molecular complexity index is 429. The molecule has 0 unspecified atom stereocenters. The predicted molar refractivity (Wildman–Crippen MR) is 67.8 cm³/mol. The third kappa shape index (κ3) is 5.07. The molecule has 3 nitrogen and oxygen atoms in total. The van der Waals surface area contributed by atoms with E-state index in [0.29, 0.717) is 19.6 Å². The lowest BCUT2D eigenvalue weighted by molar-refractivity contribution is -0.118. The Balaban J connectivity index is 2.55. The average Bonchev–Trinajstić information content (AvgIpc) is 2.31. The second-order valence-electron chi connectivity index (χ2n) is 3.46. The fourth-order valence-electron chi connectivity index (χ4n) is 1.31. The second-order valence-corrected chi connectivity index (χ2v) is 3.46. The maximum atomic E-state index is 10.6. The molecule has 0 heterocycles. The van der Waals surface area contributed by atoms with Crippen molar-refractivity contribution in [2.24, 2.45) is 0 Å². The molecule has 0 fully saturated rings. The van der Waals surface area contributed by atoms with Crippen LogP contribution in [-0.4, -0.2) is 19.1 Å². The molecule has 0 saturated carbocycles. The van der Waals surface area contributed by atoms with Crippen LogP contribution in [-0.2, 0) is 4.79 Å². The van der Waals surface area contributed by atoms with Crippen molar-refractivity contribution in [3.8, 4) is 17.6 Å². The average molecular weight is 231 g/mol. The monoisotopic (exact) mass is 231 g/mol. The summed E-state index contributed by atoms with van der Waals surface area (Å²) in [5.41, 5.74) is 0.886. The Morgan fingerprint density at radius 2 is 2.18 bits per heavy atom. The van der Waals surface area contributed by atoms with E-state index >= 15 is 0 Å². The SMILES string of the molecule is CCOc1ccccc1C#CCCNC(C)=O. The minimum absolute atomic E-state index is 0.0264. The number of amides is 1. The van der Waals surface area contributed by atoms with Gasteiger partial charge in [0.1, 0.15) is 5.75 Å². The summed E-state index contributed by atoms with van der Waals surface area (Å²) in [6, 6.07) is 7.69. The molecular weight excluding hydrogens is 214 g/mol. The van der Waals surface area contributed by atoms with Gasteiger partial charge in [0.15, 0.2) is 0 Å². The zero-order valence-corrected chi connectivity index (χ0v) is 10.2. The molecule has 0 radical (unpaired) electrons. The lowest BCUT2D eigenvalue weighted by Crippen LogP contribution is -2.20. The van der Waals surface area contributed by atoms with Gasteiger partial charge in [-0.25, -0.2) is 0 Å². The Hall–Kier alpha value is -1.95. The van der Waals surface area contributed by atoms with E-state index < -0.39 is 0 Å². The van der Waals surface area contributed by atoms with Crippen LogP contribution in [0.3, 0.4) is 0 Å². The van der Waals surface area contributed by atoms with Crippen LogP contribution in [0.25, 0.3) is 0 Å². The second kappa shape index (κ2) is 7.34. The number of carbonyl (C=O) groups excluding carboxylic acids is 1. The van der Waals surface area contributed by atoms with Crippen LogP contribution in [0.15, 0.2) is 24.3 Å². The van der Waals surface area contributed by atoms with Crippen LogP contribution in [0.1, 0.15) is 25.8 Å². The first-order valence-corrected chi connectivity index (χ1v) is 5.69. The van der Waals surface area contributed by atoms with Crippen LogP contribution in [0.5, 0.6) is 5.75 Å². The van der Waals surface area contributed by atoms with Crippen molar-refractivity contribution in [2.45, 2.75) is 20.3 Å². The third-order valence-electron chi connectivity index (χ3n) is 2.03. The normalized spacial score (nSPS) is 9.06. The third-order valence-corrected chi connectivity index (χ3v) is 2.03. The number of rotatable bonds is 4. The summed E-state index contributed by atoms with van der Waals surface area (Å²) in [5, 5.41) is 2.70. The summed E-state index contributed by atoms with van der Waals surface area (Å²) in [6.45, 7) is 4.66. The van der Waals surface area contributed by atoms with Crippen molar-refractivity contribution in [1.82, 2.24) is 5.32 Å². The fourth-order valence-corrected chi connectivity index (χ4v) is 1.31. The molecule has 17 heavy (non-hydrogen) atoms. The van der Waals surface area contributed by atoms with Gasteiger partial charge in [-0.1, -0.05) is 24.0 Å². The Morgan fingerprint density at radius 1 is 1.41 bits per heavy atom. The molecule has 1 rings (SSSR count). The lowest BCUT2D eigenvalue weighted by atomic mass is 10.2. The molecular formula is C14H17NO2. The molecule has 0 bridgehead atoms. The summed E-state index contributed by atoms with van der Waals surface area (Å²) in [6.07, 6.45) is 0.639. The van der Waals surface area contributed by atoms with Crippen molar-refractivity contribution in [3.63, 3.8) is 0 Å². The van der Waals surface area contributed by atoms with E-state index in [4.69, 9.17) is 4.74 Å². The molecule has 3 heteroatoms. The van der Waals surface area contributed by atoms with Crippen LogP contribution in [0.4, 0.5) is 0 Å². The van der Waals surface area contributed by atoms with Crippen molar-refractivity contribution in [3.05, 3.63) is 29.8 Å². The summed E-state index contributed by atoms with van der Waals surface area (Å²) in [4.78, 5) is 10.6. The van der Waals surface area contributed by atoms with Crippen LogP contribution >= 0.6 is 0 Å². The molecule has 0 atom stereocenters. The number of para-hydroxylation sites is 1. The van der Waals surface area contributed by atoms with Gasteiger partial charge in [0, 0.05) is 19.9 Å². The van der Waals surface area contributed by atoms with Gasteiger partial charge in [-0.05, 0) is 19.1 Å². The number of benzene rings is 1. The maximum absolute atomic E-state index is 10.6. The van der Waals surface area contributed by atoms with E-state index in [9.17, 15) is 4.79 Å². The van der Waals surface area contributed by atoms with E-state index in [2.05, 4.69) is 17.2 Å². The highest BCUT2D eigenvalue weighted by atomic mass is 16.5. The largest absolute Gasteiger partial charge is 0.493 e. The molecule has 0 aliphatic heterocycles. The van der Waals surface area contributed by atoms with Crippen molar-refractivity contribution in [1.29, 1.82) is 0 Å². The van der Waals surface area contributed by atoms with E-state index in [0.717, 1.165) is 11.3 Å². The highest BCUT2D eigenvalue weighted by Gasteiger charge is 1.97. The van der Waals surface area contributed by atoms with Gasteiger partial charge in [0.2, 0.25) is 5.91 Å². The van der Waals surface area contributed by atoms with Gasteiger partial charge in [0.25, 0.3) is 0 Å². The summed E-state index contributed by atoms with van der Waals surface area (Å²) in [7, 11) is 0. The fraction of sp³-hybridized carbons (Fsp3) is 0.357. The summed E-state index contributed by atoms with van der Waals surface area (Å²) in [5.74, 6) is 6.84. The molecule has 0 aliphatic rings. The van der Waals surface area contributed by atoms with Gasteiger partial charge in [0.05, 0.1) is 12.2 Å². The first-order valence-electron chi connectivity index (χ1n) is 5.69. The van der Waals surface area contributed by atoms with Crippen molar-refractivity contribution in [2.75, 3.05) is 13.2 Å². The number of nitrogens with one attached hydrogen (secondary N) is 1. The zero-order chi connectivity index (χ0) is 12.5. The summed E-state index contributed by atoms with van der Waals surface area (Å²) >= 11 is 0. The van der Waals surface area contributed by atoms with Crippen LogP contribution in [0.2, 0.25) is 0 Å². The van der Waals surface area contributed by atoms with Crippen LogP contribution in [0, 0.1) is 11.8 Å². The molecule has 1 N–H and O–H groups in total. The van der Waals surface area contributed by atoms with Gasteiger partial charge in [-0.2, -0.15) is 0 Å². The highest BCUT2D eigenvalue weighted by molar-refractivity contribution is 5.72. The van der Waals surface area contributed by atoms with E-state index in [1.807, 2.05) is 31.2 Å². The molecule has 0 saturated heterocycles. The first kappa shape index (κ1) is 13.1. The maximum Gasteiger partial charge on any atom is 0.216 e. The molecule has 0 spiro atoms. The molecule has 0 aliphatic carbocycles. The number of carbonyl (C=O) groups is 1. The van der Waals surface area contributed by atoms with Crippen molar-refractivity contribution < 1.29 is 9.53 Å². The van der Waals surface area contributed by atoms with E-state index in [-0.39, 0.29) is 5.91 Å². The number of hydrogen-bond acceptors (Lipinski definition) is 2. The smallest absolute Gasteiger partial charge is 0.216 e. The molecule has 0 aromatic heterocycles. The minimum Gasteiger partial charge on any atom is -0.493 e. The first-order chi connectivity index (χ1) is 8.24. The van der Waals surface area contributed by atoms with Gasteiger partial charge < -0.3 is 10.1 Å². The number of ether oxygens (including phenoxy) is 1. The minimum atomic E-state index is -0.0264. The summed E-state index contributed by atoms with van der Waals surface area (Å²) < 4.78 is 5.46. The zero-order valence-electron chi connectivity index (χ0n) is 10.2. The Morgan fingerprint density at radius 3 is 2.88 bits per heavy atom. The highest BCUT2D eigenvalue weighted by Crippen LogP contribution is 2.16. The molecule has 1 aromatic carbocycles. The molecule has 1 amide bonds.